The molecule has 0 saturated heterocycles. The van der Waals surface area contributed by atoms with Gasteiger partial charge in [-0.1, -0.05) is 18.2 Å². The first kappa shape index (κ1) is 15.5. The molecule has 6 heteroatoms. The van der Waals surface area contributed by atoms with Gasteiger partial charge in [-0.15, -0.1) is 0 Å². The highest BCUT2D eigenvalue weighted by Crippen LogP contribution is 2.18. The lowest BCUT2D eigenvalue weighted by molar-refractivity contribution is -0.114. The number of anilines is 2. The first-order valence-corrected chi connectivity index (χ1v) is 7.34. The van der Waals surface area contributed by atoms with Crippen LogP contribution in [0, 0.1) is 0 Å². The third-order valence-electron chi connectivity index (χ3n) is 3.46. The van der Waals surface area contributed by atoms with Gasteiger partial charge >= 0.3 is 0 Å². The van der Waals surface area contributed by atoms with Gasteiger partial charge in [0.1, 0.15) is 0 Å². The predicted octanol–water partition coefficient (Wildman–Crippen LogP) is 2.74. The van der Waals surface area contributed by atoms with E-state index in [0.717, 1.165) is 0 Å². The van der Waals surface area contributed by atoms with Crippen LogP contribution in [0.3, 0.4) is 0 Å². The predicted molar refractivity (Wildman–Crippen MR) is 93.3 cm³/mol. The van der Waals surface area contributed by atoms with Crippen LogP contribution in [0.25, 0.3) is 10.9 Å². The number of fused-ring (bicyclic) bond motifs is 1. The molecule has 0 saturated carbocycles. The topological polar surface area (TPSA) is 91.1 Å². The minimum Gasteiger partial charge on any atom is -0.326 e. The maximum atomic E-state index is 12.5. The molecule has 0 aliphatic carbocycles. The number of amides is 2. The fraction of sp³-hybridized carbons (Fsp3) is 0.0556. The summed E-state index contributed by atoms with van der Waals surface area (Å²) in [6, 6.07) is 15.1. The Kier molecular flexibility index (Phi) is 4.11. The first-order chi connectivity index (χ1) is 11.5. The summed E-state index contributed by atoms with van der Waals surface area (Å²) in [6.45, 7) is 1.42. The summed E-state index contributed by atoms with van der Waals surface area (Å²) in [7, 11) is 0. The van der Waals surface area contributed by atoms with Crippen molar-refractivity contribution in [1.82, 2.24) is 4.98 Å². The van der Waals surface area contributed by atoms with Gasteiger partial charge < -0.3 is 15.6 Å². The number of para-hydroxylation sites is 1. The molecule has 120 valence electrons. The van der Waals surface area contributed by atoms with Crippen molar-refractivity contribution in [2.45, 2.75) is 6.92 Å². The van der Waals surface area contributed by atoms with Crippen molar-refractivity contribution < 1.29 is 9.59 Å². The van der Waals surface area contributed by atoms with E-state index in [1.807, 2.05) is 0 Å². The van der Waals surface area contributed by atoms with Crippen molar-refractivity contribution in [2.24, 2.45) is 0 Å². The van der Waals surface area contributed by atoms with Gasteiger partial charge in [0.2, 0.25) is 11.5 Å². The van der Waals surface area contributed by atoms with Gasteiger partial charge in [0.25, 0.3) is 5.91 Å². The fourth-order valence-electron chi connectivity index (χ4n) is 2.43. The van der Waals surface area contributed by atoms with Crippen LogP contribution in [0.15, 0.2) is 59.4 Å². The van der Waals surface area contributed by atoms with E-state index in [2.05, 4.69) is 15.6 Å². The Morgan fingerprint density at radius 1 is 0.917 bits per heavy atom. The second-order valence-corrected chi connectivity index (χ2v) is 5.31. The Morgan fingerprint density at radius 2 is 1.54 bits per heavy atom. The molecule has 0 unspecified atom stereocenters. The molecule has 0 radical (unpaired) electrons. The highest BCUT2D eigenvalue weighted by molar-refractivity contribution is 6.12. The zero-order valence-electron chi connectivity index (χ0n) is 12.9. The lowest BCUT2D eigenvalue weighted by atomic mass is 10.1. The number of carbonyl (C=O) groups is 2. The van der Waals surface area contributed by atoms with E-state index >= 15 is 0 Å². The molecule has 0 spiro atoms. The average molecular weight is 321 g/mol. The maximum absolute atomic E-state index is 12.5. The summed E-state index contributed by atoms with van der Waals surface area (Å²) in [5.74, 6) is -0.536. The van der Waals surface area contributed by atoms with Gasteiger partial charge in [-0.3, -0.25) is 14.4 Å². The lowest BCUT2D eigenvalue weighted by Gasteiger charge is -2.09. The van der Waals surface area contributed by atoms with Crippen LogP contribution in [0.2, 0.25) is 0 Å². The number of hydrogen-bond donors (Lipinski definition) is 3. The second kappa shape index (κ2) is 6.37. The zero-order valence-corrected chi connectivity index (χ0v) is 12.9. The minimum absolute atomic E-state index is 0.165. The third-order valence-corrected chi connectivity index (χ3v) is 3.46. The molecule has 1 aromatic heterocycles. The van der Waals surface area contributed by atoms with Crippen molar-refractivity contribution in [1.29, 1.82) is 0 Å². The summed E-state index contributed by atoms with van der Waals surface area (Å²) in [5.41, 5.74) is 1.79. The quantitative estimate of drug-likeness (QED) is 0.692. The summed E-state index contributed by atoms with van der Waals surface area (Å²) in [5, 5.41) is 6.08. The lowest BCUT2D eigenvalue weighted by Crippen LogP contribution is -2.16. The molecule has 2 aromatic carbocycles. The van der Waals surface area contributed by atoms with E-state index in [1.54, 1.807) is 48.5 Å². The van der Waals surface area contributed by atoms with Gasteiger partial charge in [0, 0.05) is 35.3 Å². The van der Waals surface area contributed by atoms with Crippen LogP contribution in [-0.4, -0.2) is 16.8 Å². The van der Waals surface area contributed by atoms with Gasteiger partial charge in [-0.05, 0) is 30.3 Å². The SMILES string of the molecule is CC(=O)Nc1ccc(NC(=O)c2cc(=O)[nH]c3ccccc23)cc1. The highest BCUT2D eigenvalue weighted by Gasteiger charge is 2.12. The molecule has 3 aromatic rings. The molecule has 0 fully saturated rings. The van der Waals surface area contributed by atoms with Gasteiger partial charge in [0.15, 0.2) is 0 Å². The Hall–Kier alpha value is -3.41. The van der Waals surface area contributed by atoms with E-state index in [9.17, 15) is 14.4 Å². The van der Waals surface area contributed by atoms with Crippen LogP contribution in [0.5, 0.6) is 0 Å². The molecule has 0 bridgehead atoms. The number of pyridine rings is 1. The van der Waals surface area contributed by atoms with E-state index in [-0.39, 0.29) is 17.4 Å². The summed E-state index contributed by atoms with van der Waals surface area (Å²) >= 11 is 0. The summed E-state index contributed by atoms with van der Waals surface area (Å²) in [6.07, 6.45) is 0. The van der Waals surface area contributed by atoms with E-state index in [1.165, 1.54) is 13.0 Å². The molecular formula is C18H15N3O3. The number of benzene rings is 2. The Bertz CT molecular complexity index is 975. The molecule has 0 aliphatic heterocycles. The molecule has 2 amide bonds. The standard InChI is InChI=1S/C18H15N3O3/c1-11(22)19-12-6-8-13(9-7-12)20-18(24)15-10-17(23)21-16-5-3-2-4-14(15)16/h2-10H,1H3,(H,19,22)(H,20,24)(H,21,23). The fourth-order valence-corrected chi connectivity index (χ4v) is 2.43. The molecular weight excluding hydrogens is 306 g/mol. The van der Waals surface area contributed by atoms with Crippen molar-refractivity contribution in [3.63, 3.8) is 0 Å². The number of carbonyl (C=O) groups excluding carboxylic acids is 2. The van der Waals surface area contributed by atoms with Crippen molar-refractivity contribution >= 4 is 34.1 Å². The summed E-state index contributed by atoms with van der Waals surface area (Å²) < 4.78 is 0. The monoisotopic (exact) mass is 321 g/mol. The van der Waals surface area contributed by atoms with Crippen molar-refractivity contribution in [3.8, 4) is 0 Å². The molecule has 3 N–H and O–H groups in total. The van der Waals surface area contributed by atoms with E-state index in [0.29, 0.717) is 27.8 Å². The minimum atomic E-state index is -0.371. The van der Waals surface area contributed by atoms with Gasteiger partial charge in [-0.2, -0.15) is 0 Å². The van der Waals surface area contributed by atoms with Gasteiger partial charge in [0.05, 0.1) is 5.56 Å². The molecule has 6 nitrogen and oxygen atoms in total. The molecule has 3 rings (SSSR count). The Labute approximate surface area is 137 Å². The highest BCUT2D eigenvalue weighted by atomic mass is 16.2. The summed E-state index contributed by atoms with van der Waals surface area (Å²) in [4.78, 5) is 37.9. The van der Waals surface area contributed by atoms with E-state index < -0.39 is 0 Å². The number of rotatable bonds is 3. The van der Waals surface area contributed by atoms with Crippen LogP contribution < -0.4 is 16.2 Å². The Balaban J connectivity index is 1.88. The zero-order chi connectivity index (χ0) is 17.1. The van der Waals surface area contributed by atoms with E-state index in [4.69, 9.17) is 0 Å². The van der Waals surface area contributed by atoms with Gasteiger partial charge in [-0.25, -0.2) is 0 Å². The number of aromatic amines is 1. The molecule has 1 heterocycles. The van der Waals surface area contributed by atoms with Crippen molar-refractivity contribution in [2.75, 3.05) is 10.6 Å². The normalized spacial score (nSPS) is 10.4. The molecule has 0 aliphatic rings. The van der Waals surface area contributed by atoms with Crippen molar-refractivity contribution in [3.05, 3.63) is 70.5 Å². The first-order valence-electron chi connectivity index (χ1n) is 7.34. The molecule has 24 heavy (non-hydrogen) atoms. The van der Waals surface area contributed by atoms with Crippen LogP contribution in [0.1, 0.15) is 17.3 Å². The smallest absolute Gasteiger partial charge is 0.256 e. The third kappa shape index (κ3) is 3.33. The second-order valence-electron chi connectivity index (χ2n) is 5.31. The molecule has 0 atom stereocenters. The average Bonchev–Trinajstić information content (AvgIpc) is 2.55. The van der Waals surface area contributed by atoms with Crippen LogP contribution in [-0.2, 0) is 4.79 Å². The number of nitrogens with one attached hydrogen (secondary N) is 3. The Morgan fingerprint density at radius 3 is 2.21 bits per heavy atom. The van der Waals surface area contributed by atoms with Crippen LogP contribution in [0.4, 0.5) is 11.4 Å². The largest absolute Gasteiger partial charge is 0.326 e. The van der Waals surface area contributed by atoms with Crippen LogP contribution >= 0.6 is 0 Å². The number of H-pyrrole nitrogens is 1. The maximum Gasteiger partial charge on any atom is 0.256 e. The number of hydrogen-bond acceptors (Lipinski definition) is 3. The number of aromatic nitrogens is 1.